The van der Waals surface area contributed by atoms with Gasteiger partial charge in [-0.15, -0.1) is 0 Å². The SMILES string of the molecule is Cc1nn(C)c(C)c1CN[C@@H](C)c1ccccc1. The van der Waals surface area contributed by atoms with E-state index < -0.39 is 0 Å². The second-order valence-electron chi connectivity index (χ2n) is 4.79. The van der Waals surface area contributed by atoms with Crippen molar-refractivity contribution in [1.29, 1.82) is 0 Å². The molecule has 0 radical (unpaired) electrons. The molecule has 96 valence electrons. The summed E-state index contributed by atoms with van der Waals surface area (Å²) in [6.45, 7) is 7.24. The molecule has 0 spiro atoms. The van der Waals surface area contributed by atoms with Crippen molar-refractivity contribution >= 4 is 0 Å². The van der Waals surface area contributed by atoms with E-state index in [1.54, 1.807) is 0 Å². The van der Waals surface area contributed by atoms with Crippen molar-refractivity contribution in [2.24, 2.45) is 7.05 Å². The van der Waals surface area contributed by atoms with Crippen LogP contribution in [0, 0.1) is 13.8 Å². The van der Waals surface area contributed by atoms with Crippen LogP contribution in [0.2, 0.25) is 0 Å². The fraction of sp³-hybridized carbons (Fsp3) is 0.400. The molecule has 2 aromatic rings. The van der Waals surface area contributed by atoms with Crippen LogP contribution in [0.1, 0.15) is 35.5 Å². The molecule has 0 fully saturated rings. The summed E-state index contributed by atoms with van der Waals surface area (Å²) in [6.07, 6.45) is 0. The van der Waals surface area contributed by atoms with Crippen LogP contribution >= 0.6 is 0 Å². The molecule has 0 unspecified atom stereocenters. The van der Waals surface area contributed by atoms with Gasteiger partial charge in [-0.2, -0.15) is 5.10 Å². The first-order valence-corrected chi connectivity index (χ1v) is 6.37. The highest BCUT2D eigenvalue weighted by atomic mass is 15.3. The molecule has 0 amide bonds. The molecular formula is C15H21N3. The zero-order chi connectivity index (χ0) is 13.1. The van der Waals surface area contributed by atoms with Gasteiger partial charge in [-0.1, -0.05) is 30.3 Å². The van der Waals surface area contributed by atoms with Crippen LogP contribution < -0.4 is 5.32 Å². The van der Waals surface area contributed by atoms with Crippen LogP contribution in [-0.4, -0.2) is 9.78 Å². The molecule has 1 heterocycles. The standard InChI is InChI=1S/C15H21N3/c1-11(14-8-6-5-7-9-14)16-10-15-12(2)17-18(4)13(15)3/h5-9,11,16H,10H2,1-4H3/t11-/m0/s1. The molecule has 0 bridgehead atoms. The van der Waals surface area contributed by atoms with Crippen LogP contribution in [0.15, 0.2) is 30.3 Å². The minimum absolute atomic E-state index is 0.352. The third-order valence-corrected chi connectivity index (χ3v) is 3.54. The molecule has 1 atom stereocenters. The Bertz CT molecular complexity index is 514. The molecule has 18 heavy (non-hydrogen) atoms. The lowest BCUT2D eigenvalue weighted by Crippen LogP contribution is -2.18. The highest BCUT2D eigenvalue weighted by Gasteiger charge is 2.10. The molecule has 0 saturated heterocycles. The second kappa shape index (κ2) is 5.36. The van der Waals surface area contributed by atoms with Crippen LogP contribution in [0.3, 0.4) is 0 Å². The van der Waals surface area contributed by atoms with Gasteiger partial charge in [-0.05, 0) is 26.3 Å². The maximum absolute atomic E-state index is 4.44. The van der Waals surface area contributed by atoms with Gasteiger partial charge < -0.3 is 5.32 Å². The van der Waals surface area contributed by atoms with E-state index >= 15 is 0 Å². The Morgan fingerprint density at radius 2 is 1.89 bits per heavy atom. The van der Waals surface area contributed by atoms with Gasteiger partial charge in [-0.3, -0.25) is 4.68 Å². The normalized spacial score (nSPS) is 12.7. The van der Waals surface area contributed by atoms with Crippen molar-refractivity contribution in [3.05, 3.63) is 52.8 Å². The van der Waals surface area contributed by atoms with Crippen molar-refractivity contribution in [3.63, 3.8) is 0 Å². The van der Waals surface area contributed by atoms with E-state index in [2.05, 4.69) is 55.5 Å². The lowest BCUT2D eigenvalue weighted by Gasteiger charge is -2.14. The van der Waals surface area contributed by atoms with Gasteiger partial charge >= 0.3 is 0 Å². The molecular weight excluding hydrogens is 222 g/mol. The molecule has 3 heteroatoms. The largest absolute Gasteiger partial charge is 0.306 e. The predicted octanol–water partition coefficient (Wildman–Crippen LogP) is 2.89. The maximum atomic E-state index is 4.44. The Morgan fingerprint density at radius 3 is 2.44 bits per heavy atom. The number of hydrogen-bond donors (Lipinski definition) is 1. The van der Waals surface area contributed by atoms with Gasteiger partial charge in [0.05, 0.1) is 5.69 Å². The fourth-order valence-corrected chi connectivity index (χ4v) is 2.19. The zero-order valence-corrected chi connectivity index (χ0v) is 11.6. The highest BCUT2D eigenvalue weighted by molar-refractivity contribution is 5.25. The smallest absolute Gasteiger partial charge is 0.0641 e. The Balaban J connectivity index is 2.04. The second-order valence-corrected chi connectivity index (χ2v) is 4.79. The van der Waals surface area contributed by atoms with E-state index in [-0.39, 0.29) is 0 Å². The Kier molecular flexibility index (Phi) is 3.82. The van der Waals surface area contributed by atoms with Crippen molar-refractivity contribution in [2.75, 3.05) is 0 Å². The fourth-order valence-electron chi connectivity index (χ4n) is 2.19. The first kappa shape index (κ1) is 12.8. The Morgan fingerprint density at radius 1 is 1.22 bits per heavy atom. The first-order chi connectivity index (χ1) is 8.59. The lowest BCUT2D eigenvalue weighted by molar-refractivity contribution is 0.571. The predicted molar refractivity (Wildman–Crippen MR) is 74.4 cm³/mol. The Labute approximate surface area is 109 Å². The molecule has 0 aliphatic carbocycles. The van der Waals surface area contributed by atoms with Gasteiger partial charge in [0, 0.05) is 30.9 Å². The van der Waals surface area contributed by atoms with Gasteiger partial charge in [0.25, 0.3) is 0 Å². The van der Waals surface area contributed by atoms with E-state index in [1.807, 2.05) is 17.8 Å². The molecule has 0 aliphatic heterocycles. The number of nitrogens with zero attached hydrogens (tertiary/aromatic N) is 2. The van der Waals surface area contributed by atoms with E-state index in [1.165, 1.54) is 16.8 Å². The third-order valence-electron chi connectivity index (χ3n) is 3.54. The van der Waals surface area contributed by atoms with Crippen molar-refractivity contribution in [1.82, 2.24) is 15.1 Å². The maximum Gasteiger partial charge on any atom is 0.0641 e. The zero-order valence-electron chi connectivity index (χ0n) is 11.6. The monoisotopic (exact) mass is 243 g/mol. The number of benzene rings is 1. The number of nitrogens with one attached hydrogen (secondary N) is 1. The molecule has 0 saturated carbocycles. The molecule has 1 N–H and O–H groups in total. The number of aryl methyl sites for hydroxylation is 2. The third kappa shape index (κ3) is 2.62. The molecule has 3 nitrogen and oxygen atoms in total. The molecule has 2 rings (SSSR count). The summed E-state index contributed by atoms with van der Waals surface area (Å²) >= 11 is 0. The lowest BCUT2D eigenvalue weighted by atomic mass is 10.1. The topological polar surface area (TPSA) is 29.9 Å². The minimum atomic E-state index is 0.352. The highest BCUT2D eigenvalue weighted by Crippen LogP contribution is 2.15. The van der Waals surface area contributed by atoms with Crippen LogP contribution in [0.4, 0.5) is 0 Å². The van der Waals surface area contributed by atoms with Gasteiger partial charge in [0.15, 0.2) is 0 Å². The van der Waals surface area contributed by atoms with Crippen LogP contribution in [-0.2, 0) is 13.6 Å². The summed E-state index contributed by atoms with van der Waals surface area (Å²) in [7, 11) is 1.99. The summed E-state index contributed by atoms with van der Waals surface area (Å²) in [5.41, 5.74) is 4.97. The summed E-state index contributed by atoms with van der Waals surface area (Å²) in [5.74, 6) is 0. The van der Waals surface area contributed by atoms with Crippen LogP contribution in [0.5, 0.6) is 0 Å². The number of hydrogen-bond acceptors (Lipinski definition) is 2. The van der Waals surface area contributed by atoms with E-state index in [0.717, 1.165) is 12.2 Å². The van der Waals surface area contributed by atoms with Crippen molar-refractivity contribution in [3.8, 4) is 0 Å². The quantitative estimate of drug-likeness (QED) is 0.895. The van der Waals surface area contributed by atoms with Crippen molar-refractivity contribution < 1.29 is 0 Å². The van der Waals surface area contributed by atoms with E-state index in [0.29, 0.717) is 6.04 Å². The first-order valence-electron chi connectivity index (χ1n) is 6.37. The van der Waals surface area contributed by atoms with E-state index in [4.69, 9.17) is 0 Å². The minimum Gasteiger partial charge on any atom is -0.306 e. The van der Waals surface area contributed by atoms with E-state index in [9.17, 15) is 0 Å². The Hall–Kier alpha value is -1.61. The molecule has 0 aliphatic rings. The van der Waals surface area contributed by atoms with Gasteiger partial charge in [0.2, 0.25) is 0 Å². The summed E-state index contributed by atoms with van der Waals surface area (Å²) < 4.78 is 1.94. The van der Waals surface area contributed by atoms with Gasteiger partial charge in [0.1, 0.15) is 0 Å². The average molecular weight is 243 g/mol. The summed E-state index contributed by atoms with van der Waals surface area (Å²) in [5, 5.41) is 7.99. The van der Waals surface area contributed by atoms with Gasteiger partial charge in [-0.25, -0.2) is 0 Å². The summed E-state index contributed by atoms with van der Waals surface area (Å²) in [4.78, 5) is 0. The van der Waals surface area contributed by atoms with Crippen molar-refractivity contribution in [2.45, 2.75) is 33.4 Å². The molecule has 1 aromatic carbocycles. The number of rotatable bonds is 4. The average Bonchev–Trinajstić information content (AvgIpc) is 2.62. The molecule has 1 aromatic heterocycles. The summed E-state index contributed by atoms with van der Waals surface area (Å²) in [6, 6.07) is 10.9. The van der Waals surface area contributed by atoms with Crippen LogP contribution in [0.25, 0.3) is 0 Å². The number of aromatic nitrogens is 2.